The monoisotopic (exact) mass is 957 g/mol. The molecule has 0 heterocycles. The smallest absolute Gasteiger partial charge is 0.550 e. The van der Waals surface area contributed by atoms with Gasteiger partial charge >= 0.3 is 21.7 Å². The van der Waals surface area contributed by atoms with Crippen LogP contribution in [-0.4, -0.2) is 23.9 Å². The Kier molecular flexibility index (Phi) is 38.9. The minimum Gasteiger partial charge on any atom is -0.550 e. The third-order valence-electron chi connectivity index (χ3n) is 18.8. The van der Waals surface area contributed by atoms with Crippen LogP contribution < -0.4 is 20.4 Å². The first kappa shape index (κ1) is 72.6. The van der Waals surface area contributed by atoms with Gasteiger partial charge in [0.15, 0.2) is 0 Å². The van der Waals surface area contributed by atoms with E-state index in [-0.39, 0.29) is 43.4 Å². The second-order valence-electron chi connectivity index (χ2n) is 19.3. The summed E-state index contributed by atoms with van der Waals surface area (Å²) in [5, 5.41) is 46.4. The van der Waals surface area contributed by atoms with Gasteiger partial charge in [-0.05, 0) is 150 Å². The first-order chi connectivity index (χ1) is 30.0. The number of aliphatic carboxylic acids is 4. The molecule has 9 heteroatoms. The average Bonchev–Trinajstić information content (AvgIpc) is 3.29. The molecule has 0 aromatic rings. The Labute approximate surface area is 419 Å². The van der Waals surface area contributed by atoms with E-state index in [2.05, 4.69) is 83.1 Å². The molecular formula is C56H108O8Ti. The normalized spacial score (nSPS) is 12.6. The second kappa shape index (κ2) is 34.8. The molecule has 0 spiro atoms. The Balaban J connectivity index is -0.000000245. The largest absolute Gasteiger partial charge is 4.00 e. The summed E-state index contributed by atoms with van der Waals surface area (Å²) < 4.78 is 0. The van der Waals surface area contributed by atoms with Gasteiger partial charge in [0.2, 0.25) is 0 Å². The first-order valence-corrected chi connectivity index (χ1v) is 26.8. The predicted molar refractivity (Wildman–Crippen MR) is 264 cm³/mol. The molecule has 0 aliphatic carbocycles. The number of rotatable bonds is 32. The Morgan fingerprint density at radius 1 is 0.246 bits per heavy atom. The third kappa shape index (κ3) is 15.3. The minimum absolute atomic E-state index is 0. The molecule has 0 aromatic carbocycles. The van der Waals surface area contributed by atoms with Crippen LogP contribution in [0.2, 0.25) is 0 Å². The van der Waals surface area contributed by atoms with Crippen LogP contribution in [0.25, 0.3) is 0 Å². The van der Waals surface area contributed by atoms with Gasteiger partial charge in [-0.15, -0.1) is 0 Å². The zero-order valence-corrected chi connectivity index (χ0v) is 48.3. The Morgan fingerprint density at radius 2 is 0.354 bits per heavy atom. The molecule has 0 aliphatic heterocycles. The first-order valence-electron chi connectivity index (χ1n) is 26.8. The number of carbonyl (C=O) groups excluding carboxylic acids is 4. The van der Waals surface area contributed by atoms with Crippen LogP contribution in [0.1, 0.15) is 293 Å². The standard InChI is InChI=1S/4C14H28O2.Ti/c4*1-6-11-13(7-2,8-3)14(9-4,10-5)12(15)16;/h4*6-11H2,1-5H3,(H,15,16);/q;;;;+4/p-4. The molecule has 8 nitrogen and oxygen atoms in total. The molecule has 0 aliphatic rings. The Bertz CT molecular complexity index is 1050. The van der Waals surface area contributed by atoms with Crippen LogP contribution in [0.15, 0.2) is 0 Å². The summed E-state index contributed by atoms with van der Waals surface area (Å²) in [6.07, 6.45) is 20.9. The van der Waals surface area contributed by atoms with E-state index in [4.69, 9.17) is 0 Å². The zero-order chi connectivity index (χ0) is 51.3. The topological polar surface area (TPSA) is 161 Å². The SMILES string of the molecule is CCCC(CC)(CC)C(CC)(CC)C(=O)[O-].CCCC(CC)(CC)C(CC)(CC)C(=O)[O-].CCCC(CC)(CC)C(CC)(CC)C(=O)[O-].CCCC(CC)(CC)C(CC)(CC)C(=O)[O-].[Ti+4]. The quantitative estimate of drug-likeness (QED) is 0.0602. The van der Waals surface area contributed by atoms with Crippen molar-refractivity contribution in [1.29, 1.82) is 0 Å². The van der Waals surface area contributed by atoms with Crippen molar-refractivity contribution in [2.45, 2.75) is 293 Å². The average molecular weight is 957 g/mol. The van der Waals surface area contributed by atoms with Gasteiger partial charge in [-0.2, -0.15) is 0 Å². The molecule has 384 valence electrons. The fourth-order valence-electron chi connectivity index (χ4n) is 14.0. The molecule has 0 aromatic heterocycles. The summed E-state index contributed by atoms with van der Waals surface area (Å²) in [5.41, 5.74) is -2.96. The van der Waals surface area contributed by atoms with Crippen molar-refractivity contribution in [2.75, 3.05) is 0 Å². The summed E-state index contributed by atoms with van der Waals surface area (Å²) in [6, 6.07) is 0. The molecule has 0 unspecified atom stereocenters. The molecule has 0 N–H and O–H groups in total. The summed E-state index contributed by atoms with van der Waals surface area (Å²) in [7, 11) is 0. The van der Waals surface area contributed by atoms with Gasteiger partial charge in [0.1, 0.15) is 0 Å². The zero-order valence-electron chi connectivity index (χ0n) is 46.7. The van der Waals surface area contributed by atoms with E-state index in [0.29, 0.717) is 51.4 Å². The predicted octanol–water partition coefficient (Wildman–Crippen LogP) is 12.6. The summed E-state index contributed by atoms with van der Waals surface area (Å²) in [6.45, 7) is 41.3. The molecule has 0 atom stereocenters. The van der Waals surface area contributed by atoms with Crippen molar-refractivity contribution in [3.63, 3.8) is 0 Å². The van der Waals surface area contributed by atoms with Crippen molar-refractivity contribution in [2.24, 2.45) is 43.3 Å². The van der Waals surface area contributed by atoms with Crippen molar-refractivity contribution in [3.05, 3.63) is 0 Å². The molecule has 0 fully saturated rings. The third-order valence-corrected chi connectivity index (χ3v) is 18.8. The molecule has 65 heavy (non-hydrogen) atoms. The van der Waals surface area contributed by atoms with Crippen molar-refractivity contribution < 1.29 is 61.3 Å². The molecule has 0 bridgehead atoms. The van der Waals surface area contributed by atoms with Crippen LogP contribution in [0, 0.1) is 43.3 Å². The van der Waals surface area contributed by atoms with Crippen LogP contribution in [0.3, 0.4) is 0 Å². The van der Waals surface area contributed by atoms with E-state index >= 15 is 0 Å². The second-order valence-corrected chi connectivity index (χ2v) is 19.3. The maximum absolute atomic E-state index is 11.6. The van der Waals surface area contributed by atoms with E-state index in [0.717, 1.165) is 103 Å². The van der Waals surface area contributed by atoms with Gasteiger partial charge in [-0.3, -0.25) is 0 Å². The molecule has 0 saturated carbocycles. The molecular weight excluding hydrogens is 848 g/mol. The molecule has 0 amide bonds. The van der Waals surface area contributed by atoms with E-state index in [1.165, 1.54) is 0 Å². The van der Waals surface area contributed by atoms with E-state index in [1.54, 1.807) is 0 Å². The minimum atomic E-state index is -0.852. The van der Waals surface area contributed by atoms with Crippen molar-refractivity contribution >= 4 is 23.9 Å². The number of carboxylic acid groups (broad SMARTS) is 4. The van der Waals surface area contributed by atoms with Gasteiger partial charge in [-0.1, -0.05) is 164 Å². The van der Waals surface area contributed by atoms with Gasteiger partial charge in [0.05, 0.1) is 0 Å². The molecule has 0 radical (unpaired) electrons. The van der Waals surface area contributed by atoms with E-state index in [1.807, 2.05) is 55.4 Å². The van der Waals surface area contributed by atoms with Gasteiger partial charge in [0.25, 0.3) is 0 Å². The number of hydrogen-bond acceptors (Lipinski definition) is 8. The van der Waals surface area contributed by atoms with E-state index < -0.39 is 45.5 Å². The van der Waals surface area contributed by atoms with Gasteiger partial charge in [-0.25, -0.2) is 0 Å². The molecule has 0 rings (SSSR count). The number of hydrogen-bond donors (Lipinski definition) is 0. The number of carbonyl (C=O) groups is 4. The summed E-state index contributed by atoms with van der Waals surface area (Å²) in [5.74, 6) is -3.41. The maximum Gasteiger partial charge on any atom is 4.00 e. The van der Waals surface area contributed by atoms with Crippen molar-refractivity contribution in [1.82, 2.24) is 0 Å². The Hall–Kier alpha value is -1.41. The fraction of sp³-hybridized carbons (Fsp3) is 0.929. The van der Waals surface area contributed by atoms with Crippen LogP contribution in [0.4, 0.5) is 0 Å². The Morgan fingerprint density at radius 3 is 0.400 bits per heavy atom. The maximum atomic E-state index is 11.6. The van der Waals surface area contributed by atoms with E-state index in [9.17, 15) is 39.6 Å². The van der Waals surface area contributed by atoms with Crippen LogP contribution in [0.5, 0.6) is 0 Å². The number of carboxylic acids is 4. The molecule has 0 saturated heterocycles. The summed E-state index contributed by atoms with van der Waals surface area (Å²) >= 11 is 0. The fourth-order valence-corrected chi connectivity index (χ4v) is 14.0. The van der Waals surface area contributed by atoms with Gasteiger partial charge < -0.3 is 39.6 Å². The summed E-state index contributed by atoms with van der Waals surface area (Å²) in [4.78, 5) is 46.4. The van der Waals surface area contributed by atoms with Crippen LogP contribution >= 0.6 is 0 Å². The van der Waals surface area contributed by atoms with Crippen LogP contribution in [-0.2, 0) is 40.9 Å². The van der Waals surface area contributed by atoms with Gasteiger partial charge in [0, 0.05) is 45.5 Å². The van der Waals surface area contributed by atoms with Crippen molar-refractivity contribution in [3.8, 4) is 0 Å².